The molecule has 0 aromatic carbocycles. The van der Waals surface area contributed by atoms with E-state index < -0.39 is 6.34 Å². The molecule has 62 valence electrons. The van der Waals surface area contributed by atoms with Gasteiger partial charge in [-0.25, -0.2) is 0 Å². The van der Waals surface area contributed by atoms with E-state index in [9.17, 15) is 4.57 Å². The molecule has 10 heavy (non-hydrogen) atoms. The van der Waals surface area contributed by atoms with Crippen molar-refractivity contribution in [2.75, 3.05) is 18.1 Å². The monoisotopic (exact) mass is 180 g/mol. The summed E-state index contributed by atoms with van der Waals surface area (Å²) in [5.74, 6) is 1.05. The third-order valence-electron chi connectivity index (χ3n) is 1.49. The van der Waals surface area contributed by atoms with E-state index in [1.54, 1.807) is 11.4 Å². The third kappa shape index (κ3) is 3.68. The van der Waals surface area contributed by atoms with Gasteiger partial charge in [0.25, 0.3) is 0 Å². The van der Waals surface area contributed by atoms with Crippen LogP contribution in [0.15, 0.2) is 0 Å². The van der Waals surface area contributed by atoms with E-state index in [0.29, 0.717) is 0 Å². The van der Waals surface area contributed by atoms with Crippen molar-refractivity contribution in [3.63, 3.8) is 0 Å². The average molecular weight is 180 g/mol. The Hall–Kier alpha value is 0.580. The van der Waals surface area contributed by atoms with Crippen LogP contribution in [0.3, 0.4) is 0 Å². The van der Waals surface area contributed by atoms with Crippen LogP contribution in [-0.2, 0) is 4.57 Å². The van der Waals surface area contributed by atoms with E-state index >= 15 is 0 Å². The predicted octanol–water partition coefficient (Wildman–Crippen LogP) is 3.45. The lowest BCUT2D eigenvalue weighted by molar-refractivity contribution is 0.586. The van der Waals surface area contributed by atoms with Crippen molar-refractivity contribution in [3.8, 4) is 0 Å². The first-order valence-electron chi connectivity index (χ1n) is 3.91. The van der Waals surface area contributed by atoms with Gasteiger partial charge in [0.1, 0.15) is 6.34 Å². The maximum Gasteiger partial charge on any atom is 0.138 e. The second-order valence-corrected chi connectivity index (χ2v) is 8.61. The van der Waals surface area contributed by atoms with Crippen LogP contribution in [0.4, 0.5) is 0 Å². The van der Waals surface area contributed by atoms with E-state index in [0.717, 1.165) is 24.5 Å². The molecular formula is C7H17OPS. The van der Waals surface area contributed by atoms with Gasteiger partial charge in [-0.3, -0.25) is 0 Å². The molecule has 0 N–H and O–H groups in total. The number of rotatable bonds is 5. The normalized spacial score (nSPS) is 11.9. The molecule has 0 bridgehead atoms. The highest BCUT2D eigenvalue weighted by molar-refractivity contribution is 8.58. The Morgan fingerprint density at radius 2 is 1.70 bits per heavy atom. The standard InChI is InChI=1S/C7H17OPS/c1-4-7-10-9(8,5-2)6-3/h4-7H2,1-3H3. The molecule has 0 rings (SSSR count). The van der Waals surface area contributed by atoms with Gasteiger partial charge < -0.3 is 4.57 Å². The zero-order valence-electron chi connectivity index (χ0n) is 7.09. The smallest absolute Gasteiger partial charge is 0.138 e. The van der Waals surface area contributed by atoms with E-state index in [4.69, 9.17) is 0 Å². The fourth-order valence-electron chi connectivity index (χ4n) is 0.664. The van der Waals surface area contributed by atoms with Gasteiger partial charge in [-0.05, 0) is 6.42 Å². The summed E-state index contributed by atoms with van der Waals surface area (Å²) in [6.07, 6.45) is 1.06. The van der Waals surface area contributed by atoms with Gasteiger partial charge in [-0.2, -0.15) is 0 Å². The average Bonchev–Trinajstić information content (AvgIpc) is 2.00. The molecule has 3 heteroatoms. The van der Waals surface area contributed by atoms with Crippen molar-refractivity contribution in [1.82, 2.24) is 0 Å². The van der Waals surface area contributed by atoms with E-state index in [1.807, 2.05) is 13.8 Å². The van der Waals surface area contributed by atoms with Crippen LogP contribution < -0.4 is 0 Å². The van der Waals surface area contributed by atoms with Gasteiger partial charge in [0, 0.05) is 18.1 Å². The van der Waals surface area contributed by atoms with Crippen LogP contribution >= 0.6 is 17.7 Å². The Morgan fingerprint density at radius 1 is 1.20 bits per heavy atom. The zero-order valence-corrected chi connectivity index (χ0v) is 8.80. The van der Waals surface area contributed by atoms with Crippen LogP contribution in [0.1, 0.15) is 27.2 Å². The molecule has 1 nitrogen and oxygen atoms in total. The Labute approximate surface area is 68.1 Å². The molecule has 0 fully saturated rings. The largest absolute Gasteiger partial charge is 0.312 e. The minimum atomic E-state index is -1.78. The quantitative estimate of drug-likeness (QED) is 0.603. The topological polar surface area (TPSA) is 17.1 Å². The molecule has 0 saturated heterocycles. The molecule has 0 atom stereocenters. The molecule has 0 spiro atoms. The van der Waals surface area contributed by atoms with Crippen molar-refractivity contribution < 1.29 is 4.57 Å². The molecule has 0 radical (unpaired) electrons. The Morgan fingerprint density at radius 3 is 2.00 bits per heavy atom. The third-order valence-corrected chi connectivity index (χ3v) is 7.99. The first-order valence-corrected chi connectivity index (χ1v) is 7.58. The highest BCUT2D eigenvalue weighted by atomic mass is 32.7. The summed E-state index contributed by atoms with van der Waals surface area (Å²) >= 11 is 1.68. The second kappa shape index (κ2) is 5.26. The van der Waals surface area contributed by atoms with Gasteiger partial charge in [-0.1, -0.05) is 32.2 Å². The molecule has 0 aliphatic rings. The lowest BCUT2D eigenvalue weighted by atomic mass is 10.6. The predicted molar refractivity (Wildman–Crippen MR) is 51.4 cm³/mol. The summed E-state index contributed by atoms with van der Waals surface area (Å²) in [5, 5.41) is 0. The lowest BCUT2D eigenvalue weighted by Gasteiger charge is -2.11. The van der Waals surface area contributed by atoms with Crippen LogP contribution in [0.25, 0.3) is 0 Å². The minimum Gasteiger partial charge on any atom is -0.312 e. The van der Waals surface area contributed by atoms with Gasteiger partial charge >= 0.3 is 0 Å². The van der Waals surface area contributed by atoms with Crippen LogP contribution in [-0.4, -0.2) is 18.1 Å². The maximum atomic E-state index is 11.7. The van der Waals surface area contributed by atoms with E-state index in [1.165, 1.54) is 0 Å². The summed E-state index contributed by atoms with van der Waals surface area (Å²) in [7, 11) is 0. The molecule has 0 heterocycles. The molecule has 0 saturated carbocycles. The maximum absolute atomic E-state index is 11.7. The first kappa shape index (κ1) is 10.6. The van der Waals surface area contributed by atoms with Crippen LogP contribution in [0, 0.1) is 0 Å². The second-order valence-electron chi connectivity index (χ2n) is 2.28. The van der Waals surface area contributed by atoms with Gasteiger partial charge in [0.05, 0.1) is 0 Å². The molecule has 0 aromatic heterocycles. The Bertz CT molecular complexity index is 117. The molecule has 0 aliphatic carbocycles. The summed E-state index contributed by atoms with van der Waals surface area (Å²) in [6, 6.07) is 0. The Kier molecular flexibility index (Phi) is 5.56. The zero-order chi connectivity index (χ0) is 8.04. The van der Waals surface area contributed by atoms with Crippen LogP contribution in [0.2, 0.25) is 0 Å². The fraction of sp³-hybridized carbons (Fsp3) is 1.00. The summed E-state index contributed by atoms with van der Waals surface area (Å²) in [6.45, 7) is 6.17. The molecule has 0 aliphatic heterocycles. The van der Waals surface area contributed by atoms with Crippen molar-refractivity contribution in [2.45, 2.75) is 27.2 Å². The van der Waals surface area contributed by atoms with Crippen molar-refractivity contribution in [2.24, 2.45) is 0 Å². The highest BCUT2D eigenvalue weighted by Crippen LogP contribution is 2.57. The molecular weight excluding hydrogens is 163 g/mol. The molecule has 0 unspecified atom stereocenters. The minimum absolute atomic E-state index is 0.855. The molecule has 0 aromatic rings. The number of hydrogen-bond acceptors (Lipinski definition) is 2. The summed E-state index contributed by atoms with van der Waals surface area (Å²) < 4.78 is 11.7. The van der Waals surface area contributed by atoms with E-state index in [2.05, 4.69) is 6.92 Å². The summed E-state index contributed by atoms with van der Waals surface area (Å²) in [4.78, 5) is 0. The first-order chi connectivity index (χ1) is 4.68. The SMILES string of the molecule is CCCSP(=O)(CC)CC. The van der Waals surface area contributed by atoms with Crippen molar-refractivity contribution in [1.29, 1.82) is 0 Å². The fourth-order valence-corrected chi connectivity index (χ4v) is 4.63. The van der Waals surface area contributed by atoms with Gasteiger partial charge in [0.15, 0.2) is 0 Å². The van der Waals surface area contributed by atoms with E-state index in [-0.39, 0.29) is 0 Å². The number of hydrogen-bond donors (Lipinski definition) is 0. The molecule has 0 amide bonds. The summed E-state index contributed by atoms with van der Waals surface area (Å²) in [5.41, 5.74) is 0. The Balaban J connectivity index is 3.70. The van der Waals surface area contributed by atoms with Crippen molar-refractivity contribution >= 4 is 17.7 Å². The highest BCUT2D eigenvalue weighted by Gasteiger charge is 2.15. The lowest BCUT2D eigenvalue weighted by Crippen LogP contribution is -1.85. The van der Waals surface area contributed by atoms with Crippen LogP contribution in [0.5, 0.6) is 0 Å². The van der Waals surface area contributed by atoms with Gasteiger partial charge in [-0.15, -0.1) is 0 Å². The van der Waals surface area contributed by atoms with Gasteiger partial charge in [0.2, 0.25) is 0 Å². The van der Waals surface area contributed by atoms with Crippen molar-refractivity contribution in [3.05, 3.63) is 0 Å².